The number of aromatic nitrogens is 3. The number of aromatic amines is 1. The molecule has 0 fully saturated rings. The summed E-state index contributed by atoms with van der Waals surface area (Å²) >= 11 is 0. The highest BCUT2D eigenvalue weighted by Crippen LogP contribution is 2.26. The van der Waals surface area contributed by atoms with Crippen molar-refractivity contribution >= 4 is 0 Å². The number of hydrogen-bond acceptors (Lipinski definition) is 3. The van der Waals surface area contributed by atoms with Gasteiger partial charge in [-0.3, -0.25) is 4.98 Å². The first kappa shape index (κ1) is 10.5. The standard InChI is InChI=1S/C13H16N4/c14-11-3-1-2-9-4-5-10(17-13(9)11)8-12-15-6-7-16-12/h4-7,11H,1-3,8,14H2,(H,15,16). The van der Waals surface area contributed by atoms with Gasteiger partial charge in [-0.15, -0.1) is 0 Å². The van der Waals surface area contributed by atoms with E-state index in [4.69, 9.17) is 5.73 Å². The van der Waals surface area contributed by atoms with Gasteiger partial charge in [0.15, 0.2) is 0 Å². The number of imidazole rings is 1. The highest BCUT2D eigenvalue weighted by molar-refractivity contribution is 5.28. The molecule has 3 rings (SSSR count). The largest absolute Gasteiger partial charge is 0.348 e. The van der Waals surface area contributed by atoms with E-state index in [1.807, 2.05) is 6.20 Å². The molecule has 0 saturated carbocycles. The van der Waals surface area contributed by atoms with E-state index in [0.717, 1.165) is 36.5 Å². The van der Waals surface area contributed by atoms with Crippen molar-refractivity contribution < 1.29 is 0 Å². The van der Waals surface area contributed by atoms with Gasteiger partial charge in [0, 0.05) is 30.6 Å². The van der Waals surface area contributed by atoms with Crippen LogP contribution in [0.1, 0.15) is 41.7 Å². The molecule has 1 aliphatic carbocycles. The Balaban J connectivity index is 1.89. The summed E-state index contributed by atoms with van der Waals surface area (Å²) < 4.78 is 0. The van der Waals surface area contributed by atoms with Crippen LogP contribution in [0.5, 0.6) is 0 Å². The molecule has 0 aromatic carbocycles. The lowest BCUT2D eigenvalue weighted by molar-refractivity contribution is 0.551. The molecule has 2 aromatic heterocycles. The molecule has 1 atom stereocenters. The molecule has 4 heteroatoms. The van der Waals surface area contributed by atoms with E-state index in [1.54, 1.807) is 6.20 Å². The van der Waals surface area contributed by atoms with E-state index in [2.05, 4.69) is 27.1 Å². The Bertz CT molecular complexity index is 504. The number of rotatable bonds is 2. The second kappa shape index (κ2) is 4.30. The average molecular weight is 228 g/mol. The lowest BCUT2D eigenvalue weighted by atomic mass is 9.92. The molecule has 0 radical (unpaired) electrons. The van der Waals surface area contributed by atoms with Crippen LogP contribution in [0.3, 0.4) is 0 Å². The predicted octanol–water partition coefficient (Wildman–Crippen LogP) is 1.73. The molecular formula is C13H16N4. The summed E-state index contributed by atoms with van der Waals surface area (Å²) in [7, 11) is 0. The summed E-state index contributed by atoms with van der Waals surface area (Å²) in [5, 5.41) is 0. The molecule has 1 unspecified atom stereocenters. The van der Waals surface area contributed by atoms with Crippen molar-refractivity contribution in [2.24, 2.45) is 5.73 Å². The Labute approximate surface area is 100 Å². The van der Waals surface area contributed by atoms with Gasteiger partial charge in [0.2, 0.25) is 0 Å². The number of pyridine rings is 1. The third-order valence-corrected chi connectivity index (χ3v) is 3.29. The zero-order valence-electron chi connectivity index (χ0n) is 9.69. The van der Waals surface area contributed by atoms with E-state index in [1.165, 1.54) is 12.0 Å². The molecule has 1 aliphatic rings. The Hall–Kier alpha value is -1.68. The van der Waals surface area contributed by atoms with E-state index in [9.17, 15) is 0 Å². The average Bonchev–Trinajstić information content (AvgIpc) is 2.83. The maximum Gasteiger partial charge on any atom is 0.112 e. The molecule has 0 saturated heterocycles. The van der Waals surface area contributed by atoms with Crippen LogP contribution < -0.4 is 5.73 Å². The summed E-state index contributed by atoms with van der Waals surface area (Å²) in [6, 6.07) is 4.36. The molecule has 3 N–H and O–H groups in total. The van der Waals surface area contributed by atoms with Crippen LogP contribution in [0.25, 0.3) is 0 Å². The van der Waals surface area contributed by atoms with Gasteiger partial charge in [-0.05, 0) is 30.9 Å². The fraction of sp³-hybridized carbons (Fsp3) is 0.385. The Morgan fingerprint density at radius 2 is 2.35 bits per heavy atom. The van der Waals surface area contributed by atoms with Crippen LogP contribution in [0.4, 0.5) is 0 Å². The Morgan fingerprint density at radius 3 is 3.18 bits per heavy atom. The van der Waals surface area contributed by atoms with Crippen molar-refractivity contribution in [3.8, 4) is 0 Å². The zero-order chi connectivity index (χ0) is 11.7. The molecule has 2 aromatic rings. The minimum Gasteiger partial charge on any atom is -0.348 e. The van der Waals surface area contributed by atoms with Gasteiger partial charge in [0.05, 0.1) is 5.69 Å². The van der Waals surface area contributed by atoms with Crippen molar-refractivity contribution in [1.82, 2.24) is 15.0 Å². The van der Waals surface area contributed by atoms with Crippen LogP contribution in [-0.4, -0.2) is 15.0 Å². The molecule has 88 valence electrons. The molecule has 0 bridgehead atoms. The third-order valence-electron chi connectivity index (χ3n) is 3.29. The Kier molecular flexibility index (Phi) is 2.65. The molecule has 0 amide bonds. The first-order chi connectivity index (χ1) is 8.33. The summed E-state index contributed by atoms with van der Waals surface area (Å²) in [5.41, 5.74) is 9.54. The monoisotopic (exact) mass is 228 g/mol. The smallest absolute Gasteiger partial charge is 0.112 e. The van der Waals surface area contributed by atoms with Crippen molar-refractivity contribution in [3.05, 3.63) is 47.3 Å². The number of H-pyrrole nitrogens is 1. The van der Waals surface area contributed by atoms with Crippen LogP contribution in [0.2, 0.25) is 0 Å². The van der Waals surface area contributed by atoms with Gasteiger partial charge in [-0.2, -0.15) is 0 Å². The number of fused-ring (bicyclic) bond motifs is 1. The van der Waals surface area contributed by atoms with Gasteiger partial charge in [-0.1, -0.05) is 6.07 Å². The molecule has 0 spiro atoms. The SMILES string of the molecule is NC1CCCc2ccc(Cc3ncc[nH]3)nc21. The summed E-state index contributed by atoms with van der Waals surface area (Å²) in [5.74, 6) is 0.946. The molecule has 0 aliphatic heterocycles. The van der Waals surface area contributed by atoms with Crippen molar-refractivity contribution in [2.45, 2.75) is 31.7 Å². The first-order valence-electron chi connectivity index (χ1n) is 6.05. The van der Waals surface area contributed by atoms with E-state index in [-0.39, 0.29) is 6.04 Å². The van der Waals surface area contributed by atoms with Gasteiger partial charge >= 0.3 is 0 Å². The number of nitrogens with two attached hydrogens (primary N) is 1. The normalized spacial score (nSPS) is 19.0. The number of nitrogens with one attached hydrogen (secondary N) is 1. The fourth-order valence-corrected chi connectivity index (χ4v) is 2.39. The topological polar surface area (TPSA) is 67.6 Å². The van der Waals surface area contributed by atoms with Gasteiger partial charge in [0.1, 0.15) is 5.82 Å². The number of nitrogens with zero attached hydrogens (tertiary/aromatic N) is 2. The van der Waals surface area contributed by atoms with E-state index in [0.29, 0.717) is 0 Å². The summed E-state index contributed by atoms with van der Waals surface area (Å²) in [4.78, 5) is 12.0. The second-order valence-corrected chi connectivity index (χ2v) is 4.56. The maximum atomic E-state index is 6.10. The quantitative estimate of drug-likeness (QED) is 0.822. The van der Waals surface area contributed by atoms with Crippen molar-refractivity contribution in [2.75, 3.05) is 0 Å². The van der Waals surface area contributed by atoms with Crippen LogP contribution >= 0.6 is 0 Å². The molecule has 2 heterocycles. The zero-order valence-corrected chi connectivity index (χ0v) is 9.69. The lowest BCUT2D eigenvalue weighted by Gasteiger charge is -2.21. The predicted molar refractivity (Wildman–Crippen MR) is 65.5 cm³/mol. The Morgan fingerprint density at radius 1 is 1.41 bits per heavy atom. The fourth-order valence-electron chi connectivity index (χ4n) is 2.39. The molecule has 17 heavy (non-hydrogen) atoms. The number of aryl methyl sites for hydroxylation is 1. The van der Waals surface area contributed by atoms with Crippen LogP contribution in [0, 0.1) is 0 Å². The summed E-state index contributed by atoms with van der Waals surface area (Å²) in [6.45, 7) is 0. The highest BCUT2D eigenvalue weighted by Gasteiger charge is 2.18. The van der Waals surface area contributed by atoms with Gasteiger partial charge in [-0.25, -0.2) is 4.98 Å². The van der Waals surface area contributed by atoms with Crippen LogP contribution in [0.15, 0.2) is 24.5 Å². The molecular weight excluding hydrogens is 212 g/mol. The second-order valence-electron chi connectivity index (χ2n) is 4.56. The first-order valence-corrected chi connectivity index (χ1v) is 6.05. The van der Waals surface area contributed by atoms with Crippen molar-refractivity contribution in [1.29, 1.82) is 0 Å². The van der Waals surface area contributed by atoms with Gasteiger partial charge in [0.25, 0.3) is 0 Å². The number of hydrogen-bond donors (Lipinski definition) is 2. The highest BCUT2D eigenvalue weighted by atomic mass is 14.9. The minimum atomic E-state index is 0.107. The van der Waals surface area contributed by atoms with Gasteiger partial charge < -0.3 is 10.7 Å². The van der Waals surface area contributed by atoms with Crippen LogP contribution in [-0.2, 0) is 12.8 Å². The van der Waals surface area contributed by atoms with Crippen molar-refractivity contribution in [3.63, 3.8) is 0 Å². The molecule has 4 nitrogen and oxygen atoms in total. The van der Waals surface area contributed by atoms with E-state index >= 15 is 0 Å². The minimum absolute atomic E-state index is 0.107. The summed E-state index contributed by atoms with van der Waals surface area (Å²) in [6.07, 6.45) is 7.67. The van der Waals surface area contributed by atoms with E-state index < -0.39 is 0 Å². The lowest BCUT2D eigenvalue weighted by Crippen LogP contribution is -2.19. The third kappa shape index (κ3) is 2.08. The maximum absolute atomic E-state index is 6.10.